The van der Waals surface area contributed by atoms with Gasteiger partial charge in [0.05, 0.1) is 5.56 Å². The first-order valence-electron chi connectivity index (χ1n) is 6.05. The molecule has 1 heterocycles. The molecular weight excluding hydrogens is 242 g/mol. The first-order valence-corrected chi connectivity index (χ1v) is 6.05. The summed E-state index contributed by atoms with van der Waals surface area (Å²) in [5.41, 5.74) is 2.08. The van der Waals surface area contributed by atoms with Crippen LogP contribution in [0.15, 0.2) is 41.2 Å². The third-order valence-corrected chi connectivity index (χ3v) is 2.98. The Morgan fingerprint density at radius 1 is 1.16 bits per heavy atom. The van der Waals surface area contributed by atoms with Gasteiger partial charge >= 0.3 is 5.97 Å². The number of H-pyrrole nitrogens is 1. The number of carboxylic acid groups (broad SMARTS) is 1. The van der Waals surface area contributed by atoms with E-state index >= 15 is 0 Å². The Morgan fingerprint density at radius 3 is 2.32 bits per heavy atom. The maximum Gasteiger partial charge on any atom is 0.335 e. The number of carboxylic acids is 1. The van der Waals surface area contributed by atoms with E-state index in [0.29, 0.717) is 11.6 Å². The van der Waals surface area contributed by atoms with Crippen LogP contribution in [0.2, 0.25) is 0 Å². The summed E-state index contributed by atoms with van der Waals surface area (Å²) in [5, 5.41) is 8.94. The van der Waals surface area contributed by atoms with E-state index in [0.717, 1.165) is 11.6 Å². The fourth-order valence-corrected chi connectivity index (χ4v) is 1.87. The minimum atomic E-state index is -1.11. The number of aromatic nitrogens is 1. The fraction of sp³-hybridized carbons (Fsp3) is 0.200. The van der Waals surface area contributed by atoms with Crippen molar-refractivity contribution in [3.05, 3.63) is 57.9 Å². The number of carbonyl (C=O) groups is 1. The molecular formula is C15H15NO3. The lowest BCUT2D eigenvalue weighted by Crippen LogP contribution is -2.10. The molecule has 98 valence electrons. The monoisotopic (exact) mass is 257 g/mol. The third-order valence-electron chi connectivity index (χ3n) is 2.98. The molecule has 0 radical (unpaired) electrons. The van der Waals surface area contributed by atoms with Gasteiger partial charge in [0.2, 0.25) is 5.56 Å². The van der Waals surface area contributed by atoms with Crippen molar-refractivity contribution >= 4 is 5.97 Å². The van der Waals surface area contributed by atoms with Crippen LogP contribution in [0.1, 0.15) is 35.7 Å². The van der Waals surface area contributed by atoms with E-state index in [2.05, 4.69) is 18.8 Å². The Morgan fingerprint density at radius 2 is 1.79 bits per heavy atom. The second-order valence-corrected chi connectivity index (χ2v) is 4.73. The minimum Gasteiger partial charge on any atom is -0.478 e. The van der Waals surface area contributed by atoms with Gasteiger partial charge in [-0.2, -0.15) is 0 Å². The number of pyridine rings is 1. The van der Waals surface area contributed by atoms with Crippen LogP contribution in [0.3, 0.4) is 0 Å². The molecule has 4 nitrogen and oxygen atoms in total. The summed E-state index contributed by atoms with van der Waals surface area (Å²) in [6, 6.07) is 10.3. The number of aromatic amines is 1. The predicted molar refractivity (Wildman–Crippen MR) is 73.5 cm³/mol. The van der Waals surface area contributed by atoms with E-state index in [1.807, 2.05) is 24.3 Å². The largest absolute Gasteiger partial charge is 0.478 e. The maximum atomic E-state index is 11.4. The molecule has 4 heteroatoms. The van der Waals surface area contributed by atoms with Crippen molar-refractivity contribution in [2.45, 2.75) is 19.8 Å². The molecule has 0 bridgehead atoms. The number of aromatic carboxylic acids is 1. The molecule has 19 heavy (non-hydrogen) atoms. The van der Waals surface area contributed by atoms with Gasteiger partial charge in [0.15, 0.2) is 0 Å². The molecule has 2 rings (SSSR count). The number of hydrogen-bond acceptors (Lipinski definition) is 2. The van der Waals surface area contributed by atoms with Gasteiger partial charge in [0, 0.05) is 11.8 Å². The Labute approximate surface area is 110 Å². The zero-order chi connectivity index (χ0) is 14.0. The van der Waals surface area contributed by atoms with Crippen LogP contribution in [0.25, 0.3) is 11.3 Å². The van der Waals surface area contributed by atoms with Crippen molar-refractivity contribution in [2.75, 3.05) is 0 Å². The SMILES string of the molecule is CC(C)c1ccc(-c2cc(C(=O)O)cc(=O)[nH]2)cc1. The highest BCUT2D eigenvalue weighted by atomic mass is 16.4. The summed E-state index contributed by atoms with van der Waals surface area (Å²) in [5.74, 6) is -0.676. The van der Waals surface area contributed by atoms with Gasteiger partial charge in [-0.3, -0.25) is 4.79 Å². The molecule has 1 aromatic carbocycles. The summed E-state index contributed by atoms with van der Waals surface area (Å²) in [7, 11) is 0. The van der Waals surface area contributed by atoms with Gasteiger partial charge in [-0.15, -0.1) is 0 Å². The summed E-state index contributed by atoms with van der Waals surface area (Å²) >= 11 is 0. The fourth-order valence-electron chi connectivity index (χ4n) is 1.87. The molecule has 2 N–H and O–H groups in total. The number of nitrogens with one attached hydrogen (secondary N) is 1. The molecule has 0 aliphatic rings. The number of rotatable bonds is 3. The van der Waals surface area contributed by atoms with Crippen LogP contribution < -0.4 is 5.56 Å². The van der Waals surface area contributed by atoms with Crippen molar-refractivity contribution in [1.29, 1.82) is 0 Å². The van der Waals surface area contributed by atoms with Gasteiger partial charge in [0.25, 0.3) is 0 Å². The molecule has 0 aliphatic carbocycles. The lowest BCUT2D eigenvalue weighted by Gasteiger charge is -2.07. The average Bonchev–Trinajstić information content (AvgIpc) is 2.38. The molecule has 0 saturated heterocycles. The maximum absolute atomic E-state index is 11.4. The van der Waals surface area contributed by atoms with Gasteiger partial charge in [0.1, 0.15) is 0 Å². The first-order chi connectivity index (χ1) is 8.97. The smallest absolute Gasteiger partial charge is 0.335 e. The lowest BCUT2D eigenvalue weighted by molar-refractivity contribution is 0.0696. The van der Waals surface area contributed by atoms with Crippen molar-refractivity contribution < 1.29 is 9.90 Å². The van der Waals surface area contributed by atoms with Gasteiger partial charge < -0.3 is 10.1 Å². The highest BCUT2D eigenvalue weighted by molar-refractivity contribution is 5.88. The zero-order valence-corrected chi connectivity index (χ0v) is 10.8. The Balaban J connectivity index is 2.46. The molecule has 0 unspecified atom stereocenters. The Bertz CT molecular complexity index is 654. The molecule has 0 saturated carbocycles. The van der Waals surface area contributed by atoms with Crippen LogP contribution in [-0.4, -0.2) is 16.1 Å². The summed E-state index contributed by atoms with van der Waals surface area (Å²) in [6.07, 6.45) is 0. The second kappa shape index (κ2) is 5.10. The molecule has 0 spiro atoms. The number of benzene rings is 1. The van der Waals surface area contributed by atoms with Crippen molar-refractivity contribution in [3.8, 4) is 11.3 Å². The van der Waals surface area contributed by atoms with Crippen molar-refractivity contribution in [3.63, 3.8) is 0 Å². The standard InChI is InChI=1S/C15H15NO3/c1-9(2)10-3-5-11(6-4-10)13-7-12(15(18)19)8-14(17)16-13/h3-9H,1-2H3,(H,16,17)(H,18,19). The number of hydrogen-bond donors (Lipinski definition) is 2. The van der Waals surface area contributed by atoms with Gasteiger partial charge in [-0.25, -0.2) is 4.79 Å². The summed E-state index contributed by atoms with van der Waals surface area (Å²) in [6.45, 7) is 4.20. The first kappa shape index (κ1) is 13.1. The van der Waals surface area contributed by atoms with E-state index < -0.39 is 11.5 Å². The highest BCUT2D eigenvalue weighted by Gasteiger charge is 2.08. The van der Waals surface area contributed by atoms with Gasteiger partial charge in [-0.05, 0) is 23.1 Å². The van der Waals surface area contributed by atoms with Crippen molar-refractivity contribution in [2.24, 2.45) is 0 Å². The zero-order valence-electron chi connectivity index (χ0n) is 10.8. The second-order valence-electron chi connectivity index (χ2n) is 4.73. The molecule has 0 atom stereocenters. The molecule has 0 aliphatic heterocycles. The topological polar surface area (TPSA) is 70.2 Å². The quantitative estimate of drug-likeness (QED) is 0.888. The average molecular weight is 257 g/mol. The predicted octanol–water partition coefficient (Wildman–Crippen LogP) is 2.86. The molecule has 2 aromatic rings. The van der Waals surface area contributed by atoms with E-state index in [9.17, 15) is 9.59 Å². The van der Waals surface area contributed by atoms with Crippen molar-refractivity contribution in [1.82, 2.24) is 4.98 Å². The molecule has 0 amide bonds. The van der Waals surface area contributed by atoms with Crippen LogP contribution in [0.5, 0.6) is 0 Å². The van der Waals surface area contributed by atoms with E-state index in [4.69, 9.17) is 5.11 Å². The van der Waals surface area contributed by atoms with E-state index in [1.165, 1.54) is 11.6 Å². The lowest BCUT2D eigenvalue weighted by atomic mass is 10.0. The normalized spacial score (nSPS) is 10.7. The molecule has 1 aromatic heterocycles. The van der Waals surface area contributed by atoms with Crippen LogP contribution in [0.4, 0.5) is 0 Å². The summed E-state index contributed by atoms with van der Waals surface area (Å²) < 4.78 is 0. The van der Waals surface area contributed by atoms with Gasteiger partial charge in [-0.1, -0.05) is 38.1 Å². The van der Waals surface area contributed by atoms with Crippen LogP contribution in [0, 0.1) is 0 Å². The van der Waals surface area contributed by atoms with Crippen LogP contribution in [-0.2, 0) is 0 Å². The van der Waals surface area contributed by atoms with E-state index in [-0.39, 0.29) is 5.56 Å². The third kappa shape index (κ3) is 2.91. The minimum absolute atomic E-state index is 0.00770. The highest BCUT2D eigenvalue weighted by Crippen LogP contribution is 2.21. The Hall–Kier alpha value is -2.36. The Kier molecular flexibility index (Phi) is 3.51. The molecule has 0 fully saturated rings. The summed E-state index contributed by atoms with van der Waals surface area (Å²) in [4.78, 5) is 25.0. The van der Waals surface area contributed by atoms with E-state index in [1.54, 1.807) is 0 Å². The van der Waals surface area contributed by atoms with Crippen LogP contribution >= 0.6 is 0 Å².